The van der Waals surface area contributed by atoms with E-state index in [1.54, 1.807) is 34.9 Å². The highest BCUT2D eigenvalue weighted by Crippen LogP contribution is 2.38. The summed E-state index contributed by atoms with van der Waals surface area (Å²) in [7, 11) is 4.38. The number of amides is 2. The van der Waals surface area contributed by atoms with Gasteiger partial charge in [-0.1, -0.05) is 6.07 Å². The average Bonchev–Trinajstić information content (AvgIpc) is 3.46. The van der Waals surface area contributed by atoms with Gasteiger partial charge in [0.2, 0.25) is 11.7 Å². The number of methoxy groups -OCH3 is 3. The van der Waals surface area contributed by atoms with Gasteiger partial charge in [-0.05, 0) is 30.3 Å². The number of carbonyl (C=O) groups excluding carboxylic acids is 2. The van der Waals surface area contributed by atoms with Gasteiger partial charge in [0.15, 0.2) is 16.5 Å². The molecule has 0 aliphatic carbocycles. The van der Waals surface area contributed by atoms with E-state index in [0.29, 0.717) is 34.3 Å². The summed E-state index contributed by atoms with van der Waals surface area (Å²) < 4.78 is 17.6. The number of imidazole rings is 1. The number of hydrogen-bond donors (Lipinski definition) is 3. The zero-order chi connectivity index (χ0) is 24.9. The van der Waals surface area contributed by atoms with E-state index >= 15 is 0 Å². The van der Waals surface area contributed by atoms with Crippen LogP contribution in [0.25, 0.3) is 4.96 Å². The van der Waals surface area contributed by atoms with Crippen LogP contribution in [0.4, 0.5) is 11.4 Å². The summed E-state index contributed by atoms with van der Waals surface area (Å²) in [5.74, 6) is 0.00595. The van der Waals surface area contributed by atoms with Crippen molar-refractivity contribution in [2.24, 2.45) is 10.7 Å². The van der Waals surface area contributed by atoms with Crippen LogP contribution >= 0.6 is 11.3 Å². The summed E-state index contributed by atoms with van der Waals surface area (Å²) in [6.45, 7) is 0. The SMILES string of the molecule is COc1cc(C(=O)NC(N)=Nc2cccc(NC(=O)c3cn4ccsc4n3)c2)cc(OC)c1OC. The zero-order valence-electron chi connectivity index (χ0n) is 19.1. The van der Waals surface area contributed by atoms with E-state index in [-0.39, 0.29) is 17.4 Å². The maximum Gasteiger partial charge on any atom is 0.275 e. The van der Waals surface area contributed by atoms with Gasteiger partial charge in [-0.25, -0.2) is 9.98 Å². The number of benzene rings is 2. The Balaban J connectivity index is 1.47. The maximum atomic E-state index is 12.7. The lowest BCUT2D eigenvalue weighted by Crippen LogP contribution is -2.36. The Morgan fingerprint density at radius 2 is 1.80 bits per heavy atom. The first-order valence-electron chi connectivity index (χ1n) is 10.2. The number of nitrogens with one attached hydrogen (secondary N) is 2. The molecule has 0 saturated heterocycles. The van der Waals surface area contributed by atoms with Gasteiger partial charge in [0.25, 0.3) is 11.8 Å². The molecule has 0 atom stereocenters. The molecule has 12 heteroatoms. The Morgan fingerprint density at radius 3 is 2.46 bits per heavy atom. The van der Waals surface area contributed by atoms with Crippen molar-refractivity contribution in [1.82, 2.24) is 14.7 Å². The number of hydrogen-bond acceptors (Lipinski definition) is 8. The molecular weight excluding hydrogens is 472 g/mol. The van der Waals surface area contributed by atoms with Gasteiger partial charge in [-0.3, -0.25) is 19.3 Å². The number of guanidine groups is 1. The third kappa shape index (κ3) is 5.17. The highest BCUT2D eigenvalue weighted by Gasteiger charge is 2.17. The molecule has 0 radical (unpaired) electrons. The standard InChI is InChI=1S/C23H22N6O5S/c1-32-17-9-13(10-18(33-2)19(17)34-3)20(30)28-22(24)26-15-6-4-5-14(11-15)25-21(31)16-12-29-7-8-35-23(29)27-16/h4-12H,1-3H3,(H,25,31)(H3,24,26,28,30). The van der Waals surface area contributed by atoms with Gasteiger partial charge in [0.1, 0.15) is 5.69 Å². The number of rotatable bonds is 7. The Morgan fingerprint density at radius 1 is 1.06 bits per heavy atom. The molecular formula is C23H22N6O5S. The summed E-state index contributed by atoms with van der Waals surface area (Å²) in [5, 5.41) is 7.18. The third-order valence-electron chi connectivity index (χ3n) is 4.85. The number of fused-ring (bicyclic) bond motifs is 1. The van der Waals surface area contributed by atoms with Crippen LogP contribution in [0.1, 0.15) is 20.8 Å². The number of aliphatic imine (C=N–C) groups is 1. The number of nitrogens with zero attached hydrogens (tertiary/aromatic N) is 3. The normalized spacial score (nSPS) is 11.2. The molecule has 4 rings (SSSR count). The van der Waals surface area contributed by atoms with Gasteiger partial charge in [0, 0.05) is 29.0 Å². The average molecular weight is 495 g/mol. The first kappa shape index (κ1) is 23.6. The molecule has 0 aliphatic heterocycles. The van der Waals surface area contributed by atoms with Crippen LogP contribution in [0.15, 0.2) is 59.2 Å². The first-order valence-corrected chi connectivity index (χ1v) is 11.1. The lowest BCUT2D eigenvalue weighted by Gasteiger charge is -2.14. The van der Waals surface area contributed by atoms with E-state index in [4.69, 9.17) is 19.9 Å². The second kappa shape index (κ2) is 10.1. The van der Waals surface area contributed by atoms with Crippen LogP contribution in [0.2, 0.25) is 0 Å². The molecule has 4 N–H and O–H groups in total. The van der Waals surface area contributed by atoms with Crippen LogP contribution in [0.3, 0.4) is 0 Å². The van der Waals surface area contributed by atoms with Gasteiger partial charge < -0.3 is 25.3 Å². The fourth-order valence-electron chi connectivity index (χ4n) is 3.25. The molecule has 0 aliphatic rings. The van der Waals surface area contributed by atoms with Crippen molar-refractivity contribution in [2.45, 2.75) is 0 Å². The van der Waals surface area contributed by atoms with E-state index < -0.39 is 5.91 Å². The minimum Gasteiger partial charge on any atom is -0.493 e. The van der Waals surface area contributed by atoms with E-state index in [9.17, 15) is 9.59 Å². The second-order valence-corrected chi connectivity index (χ2v) is 7.96. The van der Waals surface area contributed by atoms with E-state index in [2.05, 4.69) is 20.6 Å². The highest BCUT2D eigenvalue weighted by molar-refractivity contribution is 7.15. The quantitative estimate of drug-likeness (QED) is 0.265. The summed E-state index contributed by atoms with van der Waals surface area (Å²) in [5.41, 5.74) is 7.40. The Labute approximate surface area is 204 Å². The van der Waals surface area contributed by atoms with E-state index in [0.717, 1.165) is 4.96 Å². The second-order valence-electron chi connectivity index (χ2n) is 7.09. The van der Waals surface area contributed by atoms with E-state index in [1.807, 2.05) is 11.6 Å². The van der Waals surface area contributed by atoms with Gasteiger partial charge in [0.05, 0.1) is 27.0 Å². The van der Waals surface area contributed by atoms with Crippen molar-refractivity contribution in [2.75, 3.05) is 26.6 Å². The smallest absolute Gasteiger partial charge is 0.275 e. The lowest BCUT2D eigenvalue weighted by atomic mass is 10.1. The molecule has 0 fully saturated rings. The number of ether oxygens (including phenoxy) is 3. The molecule has 2 aromatic heterocycles. The lowest BCUT2D eigenvalue weighted by molar-refractivity contribution is 0.0974. The van der Waals surface area contributed by atoms with Crippen molar-refractivity contribution in [3.8, 4) is 17.2 Å². The van der Waals surface area contributed by atoms with Gasteiger partial charge in [-0.15, -0.1) is 11.3 Å². The van der Waals surface area contributed by atoms with Crippen LogP contribution in [-0.4, -0.2) is 48.5 Å². The fourth-order valence-corrected chi connectivity index (χ4v) is 3.95. The predicted octanol–water partition coefficient (Wildman–Crippen LogP) is 3.05. The Hall–Kier alpha value is -4.58. The molecule has 2 aromatic carbocycles. The molecule has 2 amide bonds. The summed E-state index contributed by atoms with van der Waals surface area (Å²) >= 11 is 1.44. The minimum atomic E-state index is -0.519. The summed E-state index contributed by atoms with van der Waals surface area (Å²) in [6, 6.07) is 9.71. The largest absolute Gasteiger partial charge is 0.493 e. The monoisotopic (exact) mass is 494 g/mol. The minimum absolute atomic E-state index is 0.137. The van der Waals surface area contributed by atoms with Crippen molar-refractivity contribution in [3.63, 3.8) is 0 Å². The van der Waals surface area contributed by atoms with Crippen molar-refractivity contribution >= 4 is 45.4 Å². The molecule has 0 bridgehead atoms. The topological polar surface area (TPSA) is 142 Å². The molecule has 2 heterocycles. The predicted molar refractivity (Wildman–Crippen MR) is 132 cm³/mol. The molecule has 180 valence electrons. The van der Waals surface area contributed by atoms with E-state index in [1.165, 1.54) is 44.8 Å². The molecule has 0 spiro atoms. The van der Waals surface area contributed by atoms with Crippen LogP contribution in [-0.2, 0) is 0 Å². The van der Waals surface area contributed by atoms with Crippen LogP contribution in [0.5, 0.6) is 17.2 Å². The number of carbonyl (C=O) groups is 2. The fraction of sp³-hybridized carbons (Fsp3) is 0.130. The summed E-state index contributed by atoms with van der Waals surface area (Å²) in [4.78, 5) is 34.5. The van der Waals surface area contributed by atoms with Crippen molar-refractivity contribution in [3.05, 3.63) is 65.4 Å². The van der Waals surface area contributed by atoms with Crippen LogP contribution < -0.4 is 30.6 Å². The van der Waals surface area contributed by atoms with Gasteiger partial charge >= 0.3 is 0 Å². The molecule has 0 saturated carbocycles. The molecule has 0 unspecified atom stereocenters. The summed E-state index contributed by atoms with van der Waals surface area (Å²) in [6.07, 6.45) is 3.48. The third-order valence-corrected chi connectivity index (χ3v) is 5.62. The Kier molecular flexibility index (Phi) is 6.83. The number of thiazole rings is 1. The zero-order valence-corrected chi connectivity index (χ0v) is 19.9. The van der Waals surface area contributed by atoms with Gasteiger partial charge in [-0.2, -0.15) is 0 Å². The molecule has 35 heavy (non-hydrogen) atoms. The Bertz CT molecular complexity index is 1370. The first-order chi connectivity index (χ1) is 16.9. The number of anilines is 1. The molecule has 4 aromatic rings. The number of aromatic nitrogens is 2. The maximum absolute atomic E-state index is 12.7. The highest BCUT2D eigenvalue weighted by atomic mass is 32.1. The van der Waals surface area contributed by atoms with Crippen molar-refractivity contribution < 1.29 is 23.8 Å². The molecule has 11 nitrogen and oxygen atoms in total. The van der Waals surface area contributed by atoms with Crippen molar-refractivity contribution in [1.29, 1.82) is 0 Å². The number of nitrogens with two attached hydrogens (primary N) is 1. The van der Waals surface area contributed by atoms with Crippen LogP contribution in [0, 0.1) is 0 Å².